The third-order valence-corrected chi connectivity index (χ3v) is 5.31. The van der Waals surface area contributed by atoms with Gasteiger partial charge in [0.25, 0.3) is 0 Å². The molecule has 3 rings (SSSR count). The summed E-state index contributed by atoms with van der Waals surface area (Å²) in [6.07, 6.45) is 4.82. The number of nitrogens with zero attached hydrogens (tertiary/aromatic N) is 2. The number of nitrogens with one attached hydrogen (secondary N) is 1. The first-order valence-electron chi connectivity index (χ1n) is 8.89. The number of urea groups is 1. The highest BCUT2D eigenvalue weighted by Crippen LogP contribution is 2.31. The fourth-order valence-corrected chi connectivity index (χ4v) is 3.86. The number of piperidine rings is 1. The molecule has 0 saturated carbocycles. The average Bonchev–Trinajstić information content (AvgIpc) is 2.89. The van der Waals surface area contributed by atoms with Crippen molar-refractivity contribution < 1.29 is 4.79 Å². The highest BCUT2D eigenvalue weighted by atomic mass is 16.2. The zero-order valence-corrected chi connectivity index (χ0v) is 14.6. The van der Waals surface area contributed by atoms with Gasteiger partial charge in [-0.3, -0.25) is 9.80 Å². The zero-order valence-electron chi connectivity index (χ0n) is 14.6. The van der Waals surface area contributed by atoms with Crippen molar-refractivity contribution in [2.75, 3.05) is 24.5 Å². The van der Waals surface area contributed by atoms with Gasteiger partial charge in [-0.2, -0.15) is 0 Å². The minimum atomic E-state index is 0.0125. The monoisotopic (exact) mass is 315 g/mol. The van der Waals surface area contributed by atoms with E-state index < -0.39 is 0 Å². The SMILES string of the molecule is CC1Cc2ccccc2N1C(=O)NCC(C)(C)N1CCCCC1. The van der Waals surface area contributed by atoms with E-state index in [0.29, 0.717) is 6.54 Å². The summed E-state index contributed by atoms with van der Waals surface area (Å²) in [6.45, 7) is 9.57. The Morgan fingerprint density at radius 1 is 1.22 bits per heavy atom. The summed E-state index contributed by atoms with van der Waals surface area (Å²) < 4.78 is 0. The van der Waals surface area contributed by atoms with Crippen molar-refractivity contribution in [3.8, 4) is 0 Å². The minimum Gasteiger partial charge on any atom is -0.336 e. The molecule has 1 saturated heterocycles. The number of hydrogen-bond acceptors (Lipinski definition) is 2. The van der Waals surface area contributed by atoms with Crippen LogP contribution in [-0.4, -0.2) is 42.1 Å². The van der Waals surface area contributed by atoms with Crippen LogP contribution in [0.4, 0.5) is 10.5 Å². The van der Waals surface area contributed by atoms with E-state index in [1.165, 1.54) is 24.8 Å². The van der Waals surface area contributed by atoms with Gasteiger partial charge in [0, 0.05) is 23.8 Å². The lowest BCUT2D eigenvalue weighted by atomic mass is 9.98. The van der Waals surface area contributed by atoms with E-state index in [9.17, 15) is 4.79 Å². The smallest absolute Gasteiger partial charge is 0.322 e. The van der Waals surface area contributed by atoms with Crippen LogP contribution in [0, 0.1) is 0 Å². The van der Waals surface area contributed by atoms with Gasteiger partial charge in [0.05, 0.1) is 0 Å². The van der Waals surface area contributed by atoms with Crippen molar-refractivity contribution in [3.63, 3.8) is 0 Å². The third-order valence-electron chi connectivity index (χ3n) is 5.31. The van der Waals surface area contributed by atoms with Gasteiger partial charge < -0.3 is 5.32 Å². The molecular formula is C19H29N3O. The topological polar surface area (TPSA) is 35.6 Å². The van der Waals surface area contributed by atoms with E-state index >= 15 is 0 Å². The van der Waals surface area contributed by atoms with E-state index in [0.717, 1.165) is 25.2 Å². The van der Waals surface area contributed by atoms with Crippen molar-refractivity contribution in [1.29, 1.82) is 0 Å². The van der Waals surface area contributed by atoms with E-state index in [1.54, 1.807) is 0 Å². The van der Waals surface area contributed by atoms with Crippen molar-refractivity contribution in [3.05, 3.63) is 29.8 Å². The summed E-state index contributed by atoms with van der Waals surface area (Å²) in [6, 6.07) is 8.49. The molecule has 1 unspecified atom stereocenters. The molecule has 0 radical (unpaired) electrons. The molecule has 4 heteroatoms. The van der Waals surface area contributed by atoms with Gasteiger partial charge in [-0.15, -0.1) is 0 Å². The Morgan fingerprint density at radius 2 is 1.91 bits per heavy atom. The molecular weight excluding hydrogens is 286 g/mol. The maximum Gasteiger partial charge on any atom is 0.322 e. The van der Waals surface area contributed by atoms with Crippen molar-refractivity contribution in [1.82, 2.24) is 10.2 Å². The molecule has 0 aromatic heterocycles. The van der Waals surface area contributed by atoms with Crippen LogP contribution in [0.1, 0.15) is 45.6 Å². The summed E-state index contributed by atoms with van der Waals surface area (Å²) in [5, 5.41) is 3.18. The molecule has 1 aromatic rings. The fourth-order valence-electron chi connectivity index (χ4n) is 3.86. The molecule has 2 heterocycles. The van der Waals surface area contributed by atoms with Crippen LogP contribution in [-0.2, 0) is 6.42 Å². The number of fused-ring (bicyclic) bond motifs is 1. The molecule has 0 spiro atoms. The molecule has 0 aliphatic carbocycles. The average molecular weight is 315 g/mol. The summed E-state index contributed by atoms with van der Waals surface area (Å²) >= 11 is 0. The highest BCUT2D eigenvalue weighted by molar-refractivity contribution is 5.94. The summed E-state index contributed by atoms with van der Waals surface area (Å²) in [4.78, 5) is 17.2. The molecule has 0 bridgehead atoms. The molecule has 1 N–H and O–H groups in total. The summed E-state index contributed by atoms with van der Waals surface area (Å²) in [5.74, 6) is 0. The van der Waals surface area contributed by atoms with Crippen LogP contribution in [0.25, 0.3) is 0 Å². The summed E-state index contributed by atoms with van der Waals surface area (Å²) in [5.41, 5.74) is 2.34. The van der Waals surface area contributed by atoms with E-state index in [-0.39, 0.29) is 17.6 Å². The molecule has 2 aliphatic heterocycles. The van der Waals surface area contributed by atoms with E-state index in [2.05, 4.69) is 37.1 Å². The van der Waals surface area contributed by atoms with Gasteiger partial charge in [-0.05, 0) is 64.8 Å². The van der Waals surface area contributed by atoms with Crippen molar-refractivity contribution in [2.45, 2.75) is 58.0 Å². The predicted molar refractivity (Wildman–Crippen MR) is 95.0 cm³/mol. The highest BCUT2D eigenvalue weighted by Gasteiger charge is 2.33. The van der Waals surface area contributed by atoms with Gasteiger partial charge in [0.1, 0.15) is 0 Å². The second-order valence-electron chi connectivity index (χ2n) is 7.57. The lowest BCUT2D eigenvalue weighted by molar-refractivity contribution is 0.0962. The molecule has 1 aromatic carbocycles. The molecule has 2 amide bonds. The maximum absolute atomic E-state index is 12.7. The van der Waals surface area contributed by atoms with Gasteiger partial charge in [-0.1, -0.05) is 24.6 Å². The van der Waals surface area contributed by atoms with Gasteiger partial charge in [0.2, 0.25) is 0 Å². The Labute approximate surface area is 139 Å². The Kier molecular flexibility index (Phi) is 4.62. The largest absolute Gasteiger partial charge is 0.336 e. The van der Waals surface area contributed by atoms with Gasteiger partial charge >= 0.3 is 6.03 Å². The first kappa shape index (κ1) is 16.3. The first-order chi connectivity index (χ1) is 11.0. The van der Waals surface area contributed by atoms with E-state index in [1.807, 2.05) is 23.1 Å². The standard InChI is InChI=1S/C19H29N3O/c1-15-13-16-9-5-6-10-17(16)22(15)18(23)20-14-19(2,3)21-11-7-4-8-12-21/h5-6,9-10,15H,4,7-8,11-14H2,1-3H3,(H,20,23). The number of amides is 2. The predicted octanol–water partition coefficient (Wildman–Crippen LogP) is 3.41. The third kappa shape index (κ3) is 3.37. The molecule has 2 aliphatic rings. The number of carbonyl (C=O) groups excluding carboxylic acids is 1. The number of anilines is 1. The number of benzene rings is 1. The Balaban J connectivity index is 1.63. The number of para-hydroxylation sites is 1. The van der Waals surface area contributed by atoms with Gasteiger partial charge in [0.15, 0.2) is 0 Å². The van der Waals surface area contributed by atoms with Crippen LogP contribution in [0.5, 0.6) is 0 Å². The molecule has 1 fully saturated rings. The molecule has 1 atom stereocenters. The molecule has 23 heavy (non-hydrogen) atoms. The van der Waals surface area contributed by atoms with Crippen LogP contribution >= 0.6 is 0 Å². The molecule has 4 nitrogen and oxygen atoms in total. The Bertz CT molecular complexity index is 563. The minimum absolute atomic E-state index is 0.0125. The number of likely N-dealkylation sites (tertiary alicyclic amines) is 1. The van der Waals surface area contributed by atoms with Crippen molar-refractivity contribution in [2.24, 2.45) is 0 Å². The maximum atomic E-state index is 12.7. The second-order valence-corrected chi connectivity index (χ2v) is 7.57. The summed E-state index contributed by atoms with van der Waals surface area (Å²) in [7, 11) is 0. The van der Waals surface area contributed by atoms with Crippen LogP contribution in [0.2, 0.25) is 0 Å². The van der Waals surface area contributed by atoms with Crippen LogP contribution in [0.15, 0.2) is 24.3 Å². The number of carbonyl (C=O) groups is 1. The van der Waals surface area contributed by atoms with Crippen molar-refractivity contribution >= 4 is 11.7 Å². The Morgan fingerprint density at radius 3 is 2.65 bits per heavy atom. The van der Waals surface area contributed by atoms with Crippen LogP contribution in [0.3, 0.4) is 0 Å². The van der Waals surface area contributed by atoms with Crippen LogP contribution < -0.4 is 10.2 Å². The second kappa shape index (κ2) is 6.52. The Hall–Kier alpha value is -1.55. The fraction of sp³-hybridized carbons (Fsp3) is 0.632. The molecule has 126 valence electrons. The lowest BCUT2D eigenvalue weighted by Crippen LogP contribution is -2.55. The van der Waals surface area contributed by atoms with Gasteiger partial charge in [-0.25, -0.2) is 4.79 Å². The quantitative estimate of drug-likeness (QED) is 0.928. The normalized spacial score (nSPS) is 22.0. The van der Waals surface area contributed by atoms with E-state index in [4.69, 9.17) is 0 Å². The lowest BCUT2D eigenvalue weighted by Gasteiger charge is -2.41. The number of rotatable bonds is 3. The zero-order chi connectivity index (χ0) is 16.4. The number of hydrogen-bond donors (Lipinski definition) is 1. The first-order valence-corrected chi connectivity index (χ1v) is 8.89.